The molecule has 3 aromatic rings. The standard InChI is InChI=1S/C27H29N3O6/c1-16(2)15-21(31)23-24(20-7-5-6-8-22(20)35-14-13-34-4)30(27(33)25(23)32)19-11-9-18(10-12-19)26-28-17(3)36-29-26/h5-12,16,24,32H,13-15H2,1-4H3. The molecule has 9 heteroatoms. The first kappa shape index (κ1) is 25.1. The maximum Gasteiger partial charge on any atom is 0.294 e. The maximum absolute atomic E-state index is 13.4. The molecule has 0 saturated carbocycles. The number of anilines is 1. The molecule has 2 aromatic carbocycles. The molecule has 1 aromatic heterocycles. The number of benzene rings is 2. The van der Waals surface area contributed by atoms with E-state index in [1.165, 1.54) is 4.90 Å². The summed E-state index contributed by atoms with van der Waals surface area (Å²) in [4.78, 5) is 32.3. The van der Waals surface area contributed by atoms with Crippen molar-refractivity contribution in [1.82, 2.24) is 10.1 Å². The van der Waals surface area contributed by atoms with E-state index >= 15 is 0 Å². The zero-order valence-electron chi connectivity index (χ0n) is 20.7. The minimum atomic E-state index is -0.860. The number of carbonyl (C=O) groups is 2. The van der Waals surface area contributed by atoms with Gasteiger partial charge in [0.15, 0.2) is 11.5 Å². The first-order valence-electron chi connectivity index (χ1n) is 11.7. The van der Waals surface area contributed by atoms with E-state index in [2.05, 4.69) is 10.1 Å². The van der Waals surface area contributed by atoms with Gasteiger partial charge in [-0.05, 0) is 36.2 Å². The molecule has 0 aliphatic carbocycles. The third-order valence-electron chi connectivity index (χ3n) is 5.79. The number of ketones is 1. The number of aryl methyl sites for hydroxylation is 1. The van der Waals surface area contributed by atoms with Gasteiger partial charge in [-0.15, -0.1) is 0 Å². The summed E-state index contributed by atoms with van der Waals surface area (Å²) in [6, 6.07) is 13.3. The lowest BCUT2D eigenvalue weighted by Crippen LogP contribution is -2.31. The lowest BCUT2D eigenvalue weighted by molar-refractivity contribution is -0.118. The van der Waals surface area contributed by atoms with Gasteiger partial charge in [0, 0.05) is 37.3 Å². The number of aliphatic hydroxyl groups excluding tert-OH is 1. The molecular weight excluding hydrogens is 462 g/mol. The van der Waals surface area contributed by atoms with Gasteiger partial charge in [-0.3, -0.25) is 14.5 Å². The van der Waals surface area contributed by atoms with Crippen molar-refractivity contribution in [2.75, 3.05) is 25.2 Å². The minimum absolute atomic E-state index is 0.0495. The Kier molecular flexibility index (Phi) is 7.49. The highest BCUT2D eigenvalue weighted by atomic mass is 16.5. The number of rotatable bonds is 10. The predicted octanol–water partition coefficient (Wildman–Crippen LogP) is 4.59. The zero-order chi connectivity index (χ0) is 25.8. The summed E-state index contributed by atoms with van der Waals surface area (Å²) in [5.74, 6) is -0.0641. The van der Waals surface area contributed by atoms with Gasteiger partial charge in [0.1, 0.15) is 12.4 Å². The number of ether oxygens (including phenoxy) is 2. The number of aromatic nitrogens is 2. The molecule has 1 N–H and O–H groups in total. The second kappa shape index (κ2) is 10.7. The van der Waals surface area contributed by atoms with Crippen LogP contribution >= 0.6 is 0 Å². The molecule has 4 rings (SSSR count). The second-order valence-corrected chi connectivity index (χ2v) is 8.92. The monoisotopic (exact) mass is 491 g/mol. The Bertz CT molecular complexity index is 1280. The van der Waals surface area contributed by atoms with Crippen LogP contribution in [0.15, 0.2) is 64.4 Å². The number of para-hydroxylation sites is 1. The van der Waals surface area contributed by atoms with Gasteiger partial charge >= 0.3 is 0 Å². The molecule has 0 bridgehead atoms. The summed E-state index contributed by atoms with van der Waals surface area (Å²) in [5, 5.41) is 14.8. The molecule has 1 atom stereocenters. The number of amides is 1. The van der Waals surface area contributed by atoms with E-state index < -0.39 is 17.7 Å². The van der Waals surface area contributed by atoms with Crippen molar-refractivity contribution in [2.24, 2.45) is 5.92 Å². The molecule has 0 saturated heterocycles. The topological polar surface area (TPSA) is 115 Å². The molecule has 9 nitrogen and oxygen atoms in total. The molecule has 1 aliphatic rings. The lowest BCUT2D eigenvalue weighted by Gasteiger charge is -2.28. The van der Waals surface area contributed by atoms with Gasteiger partial charge in [-0.1, -0.05) is 37.2 Å². The van der Waals surface area contributed by atoms with Crippen LogP contribution in [0.4, 0.5) is 5.69 Å². The van der Waals surface area contributed by atoms with Gasteiger partial charge in [0.2, 0.25) is 11.7 Å². The number of aliphatic hydroxyl groups is 1. The van der Waals surface area contributed by atoms with Gasteiger partial charge in [0.05, 0.1) is 18.2 Å². The first-order valence-corrected chi connectivity index (χ1v) is 11.7. The fourth-order valence-electron chi connectivity index (χ4n) is 4.19. The van der Waals surface area contributed by atoms with Crippen molar-refractivity contribution >= 4 is 17.4 Å². The van der Waals surface area contributed by atoms with E-state index in [-0.39, 0.29) is 30.3 Å². The average molecular weight is 492 g/mol. The van der Waals surface area contributed by atoms with Crippen LogP contribution in [0.5, 0.6) is 5.75 Å². The molecule has 0 fully saturated rings. The van der Waals surface area contributed by atoms with Gasteiger partial charge in [-0.25, -0.2) is 0 Å². The molecule has 2 heterocycles. The van der Waals surface area contributed by atoms with Crippen LogP contribution in [0.1, 0.15) is 37.8 Å². The number of hydrogen-bond donors (Lipinski definition) is 1. The van der Waals surface area contributed by atoms with Crippen molar-refractivity contribution in [1.29, 1.82) is 0 Å². The maximum atomic E-state index is 13.4. The predicted molar refractivity (Wildman–Crippen MR) is 133 cm³/mol. The normalized spacial score (nSPS) is 15.8. The highest BCUT2D eigenvalue weighted by molar-refractivity contribution is 6.16. The van der Waals surface area contributed by atoms with E-state index in [1.54, 1.807) is 50.4 Å². The van der Waals surface area contributed by atoms with Crippen molar-refractivity contribution < 1.29 is 28.7 Å². The molecule has 1 unspecified atom stereocenters. The number of carbonyl (C=O) groups excluding carboxylic acids is 2. The van der Waals surface area contributed by atoms with Crippen molar-refractivity contribution in [2.45, 2.75) is 33.2 Å². The summed E-state index contributed by atoms with van der Waals surface area (Å²) in [7, 11) is 1.58. The van der Waals surface area contributed by atoms with Crippen LogP contribution < -0.4 is 9.64 Å². The summed E-state index contributed by atoms with van der Waals surface area (Å²) in [5.41, 5.74) is 1.86. The Labute approximate surface area is 209 Å². The van der Waals surface area contributed by atoms with E-state index in [1.807, 2.05) is 26.0 Å². The highest BCUT2D eigenvalue weighted by Crippen LogP contribution is 2.44. The molecule has 0 radical (unpaired) electrons. The highest BCUT2D eigenvalue weighted by Gasteiger charge is 2.45. The van der Waals surface area contributed by atoms with Crippen LogP contribution in [0.25, 0.3) is 11.4 Å². The summed E-state index contributed by atoms with van der Waals surface area (Å²) in [6.07, 6.45) is 0.194. The Morgan fingerprint density at radius 3 is 2.50 bits per heavy atom. The molecule has 0 spiro atoms. The quantitative estimate of drug-likeness (QED) is 0.410. The fraction of sp³-hybridized carbons (Fsp3) is 0.333. The van der Waals surface area contributed by atoms with Crippen molar-refractivity contribution in [3.8, 4) is 17.1 Å². The van der Waals surface area contributed by atoms with Crippen molar-refractivity contribution in [3.63, 3.8) is 0 Å². The van der Waals surface area contributed by atoms with Crippen LogP contribution in [0.3, 0.4) is 0 Å². The Hall–Kier alpha value is -3.98. The zero-order valence-corrected chi connectivity index (χ0v) is 20.7. The Morgan fingerprint density at radius 1 is 1.14 bits per heavy atom. The average Bonchev–Trinajstić information content (AvgIpc) is 3.40. The van der Waals surface area contributed by atoms with Crippen LogP contribution in [-0.4, -0.2) is 47.3 Å². The minimum Gasteiger partial charge on any atom is -0.503 e. The summed E-state index contributed by atoms with van der Waals surface area (Å²) >= 11 is 0. The second-order valence-electron chi connectivity index (χ2n) is 8.92. The van der Waals surface area contributed by atoms with Crippen LogP contribution in [0, 0.1) is 12.8 Å². The van der Waals surface area contributed by atoms with Crippen LogP contribution in [-0.2, 0) is 14.3 Å². The largest absolute Gasteiger partial charge is 0.503 e. The Morgan fingerprint density at radius 2 is 1.86 bits per heavy atom. The first-order chi connectivity index (χ1) is 17.3. The van der Waals surface area contributed by atoms with Crippen LogP contribution in [0.2, 0.25) is 0 Å². The SMILES string of the molecule is COCCOc1ccccc1C1C(C(=O)CC(C)C)=C(O)C(=O)N1c1ccc(-c2noc(C)n2)cc1. The smallest absolute Gasteiger partial charge is 0.294 e. The third kappa shape index (κ3) is 5.01. The summed E-state index contributed by atoms with van der Waals surface area (Å²) in [6.45, 7) is 6.20. The lowest BCUT2D eigenvalue weighted by atomic mass is 9.91. The number of nitrogens with zero attached hydrogens (tertiary/aromatic N) is 3. The Balaban J connectivity index is 1.78. The number of Topliss-reactive ketones (excluding diaryl/α,β-unsaturated/α-hetero) is 1. The fourth-order valence-corrected chi connectivity index (χ4v) is 4.19. The van der Waals surface area contributed by atoms with E-state index in [0.717, 1.165) is 0 Å². The van der Waals surface area contributed by atoms with E-state index in [0.29, 0.717) is 40.9 Å². The number of hydrogen-bond acceptors (Lipinski definition) is 8. The van der Waals surface area contributed by atoms with E-state index in [9.17, 15) is 14.7 Å². The molecule has 1 aliphatic heterocycles. The molecule has 188 valence electrons. The van der Waals surface area contributed by atoms with Crippen molar-refractivity contribution in [3.05, 3.63) is 71.3 Å². The number of methoxy groups -OCH3 is 1. The van der Waals surface area contributed by atoms with Gasteiger partial charge in [-0.2, -0.15) is 4.98 Å². The van der Waals surface area contributed by atoms with Gasteiger partial charge < -0.3 is 19.1 Å². The van der Waals surface area contributed by atoms with E-state index in [4.69, 9.17) is 14.0 Å². The molecule has 36 heavy (non-hydrogen) atoms. The molecule has 1 amide bonds. The third-order valence-corrected chi connectivity index (χ3v) is 5.79. The molecular formula is C27H29N3O6. The van der Waals surface area contributed by atoms with Gasteiger partial charge in [0.25, 0.3) is 5.91 Å². The summed E-state index contributed by atoms with van der Waals surface area (Å²) < 4.78 is 16.1.